The molecule has 0 radical (unpaired) electrons. The van der Waals surface area contributed by atoms with Crippen LogP contribution in [0.3, 0.4) is 0 Å². The molecule has 5 nitrogen and oxygen atoms in total. The number of ether oxygens (including phenoxy) is 1. The van der Waals surface area contributed by atoms with E-state index in [2.05, 4.69) is 4.99 Å². The topological polar surface area (TPSA) is 60.7 Å². The lowest BCUT2D eigenvalue weighted by Crippen LogP contribution is -2.39. The molecule has 0 fully saturated rings. The van der Waals surface area contributed by atoms with Gasteiger partial charge in [-0.15, -0.1) is 0 Å². The molecular weight excluding hydrogens is 411 g/mol. The molecule has 0 spiro atoms. The van der Waals surface area contributed by atoms with Crippen molar-refractivity contribution in [1.82, 2.24) is 4.57 Å². The Morgan fingerprint density at radius 1 is 1.31 bits per heavy atom. The number of fused-ring (bicyclic) bond motifs is 1. The van der Waals surface area contributed by atoms with E-state index in [9.17, 15) is 14.0 Å². The number of rotatable bonds is 4. The molecule has 1 aliphatic rings. The number of thiophene rings is 1. The van der Waals surface area contributed by atoms with Crippen LogP contribution >= 0.6 is 22.7 Å². The van der Waals surface area contributed by atoms with Gasteiger partial charge in [0.25, 0.3) is 5.56 Å². The molecule has 29 heavy (non-hydrogen) atoms. The summed E-state index contributed by atoms with van der Waals surface area (Å²) in [6.45, 7) is 3.64. The lowest BCUT2D eigenvalue weighted by molar-refractivity contribution is -0.139. The Morgan fingerprint density at radius 3 is 2.72 bits per heavy atom. The summed E-state index contributed by atoms with van der Waals surface area (Å²) >= 11 is 2.81. The molecule has 0 aliphatic carbocycles. The van der Waals surface area contributed by atoms with Gasteiger partial charge in [0, 0.05) is 0 Å². The van der Waals surface area contributed by atoms with Crippen LogP contribution in [0.5, 0.6) is 0 Å². The molecule has 0 saturated heterocycles. The predicted octanol–water partition coefficient (Wildman–Crippen LogP) is 3.00. The fourth-order valence-corrected chi connectivity index (χ4v) is 4.93. The molecular formula is C21H17FN2O3S2. The molecule has 1 aliphatic heterocycles. The first-order chi connectivity index (χ1) is 14.0. The summed E-state index contributed by atoms with van der Waals surface area (Å²) < 4.78 is 20.7. The number of allylic oxidation sites excluding steroid dienone is 1. The largest absolute Gasteiger partial charge is 0.463 e. The maximum atomic E-state index is 13.5. The Bertz CT molecular complexity index is 1270. The first kappa shape index (κ1) is 19.5. The second-order valence-electron chi connectivity index (χ2n) is 6.41. The van der Waals surface area contributed by atoms with Crippen molar-refractivity contribution in [3.8, 4) is 0 Å². The van der Waals surface area contributed by atoms with Crippen LogP contribution in [0.15, 0.2) is 62.1 Å². The quantitative estimate of drug-likeness (QED) is 0.601. The average Bonchev–Trinajstić information content (AvgIpc) is 3.30. The Labute approximate surface area is 173 Å². The van der Waals surface area contributed by atoms with Crippen LogP contribution in [0.2, 0.25) is 0 Å². The van der Waals surface area contributed by atoms with Gasteiger partial charge in [0.05, 0.1) is 28.5 Å². The van der Waals surface area contributed by atoms with Crippen LogP contribution < -0.4 is 14.9 Å². The van der Waals surface area contributed by atoms with Gasteiger partial charge in [-0.25, -0.2) is 14.2 Å². The molecule has 0 saturated carbocycles. The van der Waals surface area contributed by atoms with Crippen molar-refractivity contribution in [1.29, 1.82) is 0 Å². The van der Waals surface area contributed by atoms with Gasteiger partial charge in [0.2, 0.25) is 0 Å². The fraction of sp³-hybridized carbons (Fsp3) is 0.190. The zero-order chi connectivity index (χ0) is 20.5. The smallest absolute Gasteiger partial charge is 0.338 e. The number of nitrogens with zero attached hydrogens (tertiary/aromatic N) is 2. The van der Waals surface area contributed by atoms with Gasteiger partial charge in [0.1, 0.15) is 5.82 Å². The number of thiazole rings is 1. The van der Waals surface area contributed by atoms with E-state index in [0.29, 0.717) is 20.6 Å². The number of aromatic nitrogens is 1. The average molecular weight is 429 g/mol. The number of esters is 1. The van der Waals surface area contributed by atoms with Crippen molar-refractivity contribution in [3.05, 3.63) is 89.0 Å². The van der Waals surface area contributed by atoms with Gasteiger partial charge in [-0.2, -0.15) is 11.3 Å². The van der Waals surface area contributed by atoms with Crippen LogP contribution in [0.25, 0.3) is 6.08 Å². The van der Waals surface area contributed by atoms with Gasteiger partial charge < -0.3 is 4.74 Å². The van der Waals surface area contributed by atoms with Crippen molar-refractivity contribution >= 4 is 34.7 Å². The SMILES string of the molecule is CCOC(=O)C1=C(C)N=c2sc(=Cc3ccsc3)c(=O)n2[C@@H]1c1ccc(F)cc1. The lowest BCUT2D eigenvalue weighted by atomic mass is 9.96. The van der Waals surface area contributed by atoms with Gasteiger partial charge >= 0.3 is 5.97 Å². The van der Waals surface area contributed by atoms with Gasteiger partial charge in [-0.1, -0.05) is 23.5 Å². The molecule has 2 aromatic heterocycles. The minimum Gasteiger partial charge on any atom is -0.463 e. The number of benzene rings is 1. The summed E-state index contributed by atoms with van der Waals surface area (Å²) in [5.41, 5.74) is 2.07. The monoisotopic (exact) mass is 428 g/mol. The summed E-state index contributed by atoms with van der Waals surface area (Å²) in [7, 11) is 0. The summed E-state index contributed by atoms with van der Waals surface area (Å²) in [6, 6.07) is 6.98. The lowest BCUT2D eigenvalue weighted by Gasteiger charge is -2.24. The highest BCUT2D eigenvalue weighted by Gasteiger charge is 2.33. The van der Waals surface area contributed by atoms with Crippen molar-refractivity contribution in [2.75, 3.05) is 6.61 Å². The van der Waals surface area contributed by atoms with E-state index in [4.69, 9.17) is 4.74 Å². The summed E-state index contributed by atoms with van der Waals surface area (Å²) in [4.78, 5) is 31.0. The Morgan fingerprint density at radius 2 is 2.07 bits per heavy atom. The normalized spacial score (nSPS) is 16.5. The first-order valence-corrected chi connectivity index (χ1v) is 10.7. The minimum atomic E-state index is -0.726. The highest BCUT2D eigenvalue weighted by molar-refractivity contribution is 7.08. The number of carbonyl (C=O) groups excluding carboxylic acids is 1. The van der Waals surface area contributed by atoms with Crippen LogP contribution in [0.4, 0.5) is 4.39 Å². The van der Waals surface area contributed by atoms with Crippen molar-refractivity contribution in [2.24, 2.45) is 4.99 Å². The molecule has 1 atom stereocenters. The molecule has 0 N–H and O–H groups in total. The second-order valence-corrected chi connectivity index (χ2v) is 8.20. The van der Waals surface area contributed by atoms with Gasteiger partial charge in [0.15, 0.2) is 4.80 Å². The van der Waals surface area contributed by atoms with Gasteiger partial charge in [-0.3, -0.25) is 9.36 Å². The number of halogens is 1. The summed E-state index contributed by atoms with van der Waals surface area (Å²) in [6.07, 6.45) is 1.81. The molecule has 148 valence electrons. The fourth-order valence-electron chi connectivity index (χ4n) is 3.26. The maximum absolute atomic E-state index is 13.5. The zero-order valence-electron chi connectivity index (χ0n) is 15.7. The highest BCUT2D eigenvalue weighted by Crippen LogP contribution is 2.30. The number of hydrogen-bond acceptors (Lipinski definition) is 6. The van der Waals surface area contributed by atoms with E-state index in [0.717, 1.165) is 5.56 Å². The molecule has 0 unspecified atom stereocenters. The highest BCUT2D eigenvalue weighted by atomic mass is 32.1. The molecule has 0 amide bonds. The van der Waals surface area contributed by atoms with Crippen LogP contribution in [-0.2, 0) is 9.53 Å². The van der Waals surface area contributed by atoms with E-state index in [1.165, 1.54) is 28.0 Å². The minimum absolute atomic E-state index is 0.203. The third kappa shape index (κ3) is 3.61. The Balaban J connectivity index is 1.97. The van der Waals surface area contributed by atoms with E-state index >= 15 is 0 Å². The van der Waals surface area contributed by atoms with Crippen molar-refractivity contribution in [3.63, 3.8) is 0 Å². The second kappa shape index (κ2) is 7.88. The number of hydrogen-bond donors (Lipinski definition) is 0. The van der Waals surface area contributed by atoms with E-state index in [-0.39, 0.29) is 17.7 Å². The molecule has 0 bridgehead atoms. The Kier molecular flexibility index (Phi) is 5.29. The van der Waals surface area contributed by atoms with Crippen LogP contribution in [0.1, 0.15) is 31.0 Å². The van der Waals surface area contributed by atoms with Crippen molar-refractivity contribution in [2.45, 2.75) is 19.9 Å². The summed E-state index contributed by atoms with van der Waals surface area (Å²) in [5.74, 6) is -0.924. The van der Waals surface area contributed by atoms with Crippen LogP contribution in [-0.4, -0.2) is 17.1 Å². The third-order valence-electron chi connectivity index (χ3n) is 4.54. The standard InChI is InChI=1S/C21H17FN2O3S2/c1-3-27-20(26)17-12(2)23-21-24(18(17)14-4-6-15(22)7-5-14)19(25)16(29-21)10-13-8-9-28-11-13/h4-11,18H,3H2,1-2H3/t18-/m1/s1. The van der Waals surface area contributed by atoms with Crippen molar-refractivity contribution < 1.29 is 13.9 Å². The zero-order valence-corrected chi connectivity index (χ0v) is 17.3. The molecule has 3 aromatic rings. The van der Waals surface area contributed by atoms with Gasteiger partial charge in [-0.05, 0) is 60.0 Å². The first-order valence-electron chi connectivity index (χ1n) is 8.97. The van der Waals surface area contributed by atoms with E-state index in [1.54, 1.807) is 37.3 Å². The summed E-state index contributed by atoms with van der Waals surface area (Å²) in [5, 5.41) is 3.89. The van der Waals surface area contributed by atoms with E-state index in [1.807, 2.05) is 22.9 Å². The molecule has 1 aromatic carbocycles. The third-order valence-corrected chi connectivity index (χ3v) is 6.23. The maximum Gasteiger partial charge on any atom is 0.338 e. The molecule has 8 heteroatoms. The molecule has 3 heterocycles. The predicted molar refractivity (Wildman–Crippen MR) is 111 cm³/mol. The Hall–Kier alpha value is -2.84. The molecule has 4 rings (SSSR count). The van der Waals surface area contributed by atoms with Crippen LogP contribution in [0, 0.1) is 5.82 Å². The number of carbonyl (C=O) groups is 1. The van der Waals surface area contributed by atoms with E-state index < -0.39 is 17.8 Å².